The number of halogens is 3. The molecule has 1 heterocycles. The third-order valence-corrected chi connectivity index (χ3v) is 3.10. The van der Waals surface area contributed by atoms with Gasteiger partial charge in [0.1, 0.15) is 5.69 Å². The van der Waals surface area contributed by atoms with Crippen molar-refractivity contribution in [2.24, 2.45) is 0 Å². The number of aryl methyl sites for hydroxylation is 1. The minimum Gasteiger partial charge on any atom is -0.354 e. The Bertz CT molecular complexity index is 664. The summed E-state index contributed by atoms with van der Waals surface area (Å²) < 4.78 is 38.3. The van der Waals surface area contributed by atoms with Crippen molar-refractivity contribution in [2.45, 2.75) is 13.1 Å². The fraction of sp³-hybridized carbons (Fsp3) is 0.200. The molecule has 1 amide bonds. The Kier molecular flexibility index (Phi) is 3.97. The molecule has 21 heavy (non-hydrogen) atoms. The Morgan fingerprint density at radius 2 is 1.90 bits per heavy atom. The Labute approximate surface area is 119 Å². The number of alkyl halides is 3. The van der Waals surface area contributed by atoms with Gasteiger partial charge in [-0.25, -0.2) is 0 Å². The first-order valence-corrected chi connectivity index (χ1v) is 6.19. The van der Waals surface area contributed by atoms with E-state index in [0.29, 0.717) is 16.7 Å². The predicted octanol–water partition coefficient (Wildman–Crippen LogP) is 3.44. The van der Waals surface area contributed by atoms with E-state index < -0.39 is 11.7 Å². The highest BCUT2D eigenvalue weighted by Gasteiger charge is 2.30. The molecule has 3 nitrogen and oxygen atoms in total. The predicted molar refractivity (Wildman–Crippen MR) is 72.8 cm³/mol. The van der Waals surface area contributed by atoms with Crippen LogP contribution in [-0.4, -0.2) is 17.9 Å². The van der Waals surface area contributed by atoms with Crippen molar-refractivity contribution in [2.75, 3.05) is 7.05 Å². The van der Waals surface area contributed by atoms with E-state index in [1.807, 2.05) is 0 Å². The Morgan fingerprint density at radius 3 is 2.43 bits per heavy atom. The van der Waals surface area contributed by atoms with E-state index >= 15 is 0 Å². The number of nitrogens with zero attached hydrogens (tertiary/aromatic N) is 1. The summed E-state index contributed by atoms with van der Waals surface area (Å²) in [6.45, 7) is 1.72. The number of hydrogen-bond donors (Lipinski definition) is 1. The molecule has 0 radical (unpaired) electrons. The van der Waals surface area contributed by atoms with Crippen molar-refractivity contribution in [3.05, 3.63) is 53.3 Å². The summed E-state index contributed by atoms with van der Waals surface area (Å²) in [5.74, 6) is -0.345. The SMILES string of the molecule is CNC(=O)c1ccc(-c2cc(C(F)(F)F)ccc2C)cn1. The molecule has 0 atom stereocenters. The second-order valence-electron chi connectivity index (χ2n) is 4.54. The standard InChI is InChI=1S/C15H13F3N2O/c1-9-3-5-11(15(16,17)18)7-12(9)10-4-6-13(20-8-10)14(21)19-2/h3-8H,1-2H3,(H,19,21). The van der Waals surface area contributed by atoms with Crippen molar-refractivity contribution < 1.29 is 18.0 Å². The van der Waals surface area contributed by atoms with Crippen LogP contribution in [0.25, 0.3) is 11.1 Å². The smallest absolute Gasteiger partial charge is 0.354 e. The Balaban J connectivity index is 2.44. The maximum Gasteiger partial charge on any atom is 0.416 e. The summed E-state index contributed by atoms with van der Waals surface area (Å²) in [4.78, 5) is 15.4. The molecule has 1 aromatic heterocycles. The minimum absolute atomic E-state index is 0.214. The first kappa shape index (κ1) is 15.0. The molecule has 1 aromatic carbocycles. The summed E-state index contributed by atoms with van der Waals surface area (Å²) in [6, 6.07) is 6.62. The largest absolute Gasteiger partial charge is 0.416 e. The lowest BCUT2D eigenvalue weighted by atomic mass is 9.99. The lowest BCUT2D eigenvalue weighted by molar-refractivity contribution is -0.137. The monoisotopic (exact) mass is 294 g/mol. The van der Waals surface area contributed by atoms with Crippen molar-refractivity contribution in [3.63, 3.8) is 0 Å². The molecule has 2 rings (SSSR count). The molecular formula is C15H13F3N2O. The van der Waals surface area contributed by atoms with Crippen LogP contribution in [0.4, 0.5) is 13.2 Å². The molecule has 0 aliphatic carbocycles. The van der Waals surface area contributed by atoms with Crippen LogP contribution >= 0.6 is 0 Å². The average molecular weight is 294 g/mol. The Hall–Kier alpha value is -2.37. The first-order valence-electron chi connectivity index (χ1n) is 6.19. The fourth-order valence-corrected chi connectivity index (χ4v) is 1.92. The number of pyridine rings is 1. The van der Waals surface area contributed by atoms with Crippen LogP contribution < -0.4 is 5.32 Å². The fourth-order valence-electron chi connectivity index (χ4n) is 1.92. The van der Waals surface area contributed by atoms with E-state index in [4.69, 9.17) is 0 Å². The average Bonchev–Trinajstić information content (AvgIpc) is 2.46. The summed E-state index contributed by atoms with van der Waals surface area (Å²) >= 11 is 0. The summed E-state index contributed by atoms with van der Waals surface area (Å²) in [6.07, 6.45) is -3.00. The minimum atomic E-state index is -4.39. The van der Waals surface area contributed by atoms with E-state index in [9.17, 15) is 18.0 Å². The molecule has 110 valence electrons. The second-order valence-corrected chi connectivity index (χ2v) is 4.54. The first-order chi connectivity index (χ1) is 9.82. The van der Waals surface area contributed by atoms with Crippen molar-refractivity contribution >= 4 is 5.91 Å². The highest BCUT2D eigenvalue weighted by molar-refractivity contribution is 5.92. The second kappa shape index (κ2) is 5.55. The zero-order valence-electron chi connectivity index (χ0n) is 11.5. The zero-order valence-corrected chi connectivity index (χ0v) is 11.5. The van der Waals surface area contributed by atoms with E-state index in [-0.39, 0.29) is 11.6 Å². The van der Waals surface area contributed by atoms with Gasteiger partial charge in [0, 0.05) is 18.8 Å². The molecule has 0 spiro atoms. The normalized spacial score (nSPS) is 11.3. The van der Waals surface area contributed by atoms with E-state index in [0.717, 1.165) is 12.1 Å². The highest BCUT2D eigenvalue weighted by Crippen LogP contribution is 2.33. The molecule has 0 unspecified atom stereocenters. The lowest BCUT2D eigenvalue weighted by Gasteiger charge is -2.11. The topological polar surface area (TPSA) is 42.0 Å². The van der Waals surface area contributed by atoms with Crippen molar-refractivity contribution in [1.82, 2.24) is 10.3 Å². The summed E-state index contributed by atoms with van der Waals surface area (Å²) in [7, 11) is 1.48. The number of rotatable bonds is 2. The number of amides is 1. The highest BCUT2D eigenvalue weighted by atomic mass is 19.4. The van der Waals surface area contributed by atoms with Crippen LogP contribution in [0.5, 0.6) is 0 Å². The molecule has 2 aromatic rings. The van der Waals surface area contributed by atoms with Gasteiger partial charge in [0.15, 0.2) is 0 Å². The van der Waals surface area contributed by atoms with E-state index in [1.165, 1.54) is 25.4 Å². The third kappa shape index (κ3) is 3.21. The zero-order chi connectivity index (χ0) is 15.6. The summed E-state index contributed by atoms with van der Waals surface area (Å²) in [5.41, 5.74) is 1.19. The number of hydrogen-bond acceptors (Lipinski definition) is 2. The molecule has 0 aliphatic rings. The van der Waals surface area contributed by atoms with Crippen LogP contribution in [0.1, 0.15) is 21.6 Å². The van der Waals surface area contributed by atoms with Crippen LogP contribution in [0.2, 0.25) is 0 Å². The number of benzene rings is 1. The van der Waals surface area contributed by atoms with Gasteiger partial charge in [0.2, 0.25) is 0 Å². The lowest BCUT2D eigenvalue weighted by Crippen LogP contribution is -2.18. The number of nitrogens with one attached hydrogen (secondary N) is 1. The van der Waals surface area contributed by atoms with Gasteiger partial charge in [0.05, 0.1) is 5.56 Å². The van der Waals surface area contributed by atoms with Gasteiger partial charge in [-0.15, -0.1) is 0 Å². The number of carbonyl (C=O) groups is 1. The molecule has 0 fully saturated rings. The van der Waals surface area contributed by atoms with E-state index in [2.05, 4.69) is 10.3 Å². The number of aromatic nitrogens is 1. The maximum absolute atomic E-state index is 12.8. The van der Waals surface area contributed by atoms with Gasteiger partial charge in [-0.05, 0) is 36.2 Å². The van der Waals surface area contributed by atoms with Crippen LogP contribution in [0.15, 0.2) is 36.5 Å². The van der Waals surface area contributed by atoms with Gasteiger partial charge in [0.25, 0.3) is 5.91 Å². The van der Waals surface area contributed by atoms with Crippen LogP contribution in [0.3, 0.4) is 0 Å². The van der Waals surface area contributed by atoms with Crippen molar-refractivity contribution in [3.8, 4) is 11.1 Å². The maximum atomic E-state index is 12.8. The third-order valence-electron chi connectivity index (χ3n) is 3.10. The van der Waals surface area contributed by atoms with Crippen LogP contribution in [0, 0.1) is 6.92 Å². The molecule has 0 bridgehead atoms. The van der Waals surface area contributed by atoms with Gasteiger partial charge >= 0.3 is 6.18 Å². The van der Waals surface area contributed by atoms with Gasteiger partial charge < -0.3 is 5.32 Å². The molecular weight excluding hydrogens is 281 g/mol. The quantitative estimate of drug-likeness (QED) is 0.922. The number of carbonyl (C=O) groups excluding carboxylic acids is 1. The molecule has 1 N–H and O–H groups in total. The van der Waals surface area contributed by atoms with Crippen LogP contribution in [-0.2, 0) is 6.18 Å². The summed E-state index contributed by atoms with van der Waals surface area (Å²) in [5, 5.41) is 2.43. The van der Waals surface area contributed by atoms with Gasteiger partial charge in [-0.3, -0.25) is 9.78 Å². The molecule has 6 heteroatoms. The Morgan fingerprint density at radius 1 is 1.19 bits per heavy atom. The molecule has 0 saturated carbocycles. The van der Waals surface area contributed by atoms with Gasteiger partial charge in [-0.1, -0.05) is 12.1 Å². The molecule has 0 saturated heterocycles. The molecule has 0 aliphatic heterocycles. The van der Waals surface area contributed by atoms with Gasteiger partial charge in [-0.2, -0.15) is 13.2 Å². The van der Waals surface area contributed by atoms with E-state index in [1.54, 1.807) is 13.0 Å². The van der Waals surface area contributed by atoms with Crippen molar-refractivity contribution in [1.29, 1.82) is 0 Å².